The highest BCUT2D eigenvalue weighted by Gasteiger charge is 2.17. The molecule has 25 heavy (non-hydrogen) atoms. The maximum Gasteiger partial charge on any atom is 0.255 e. The highest BCUT2D eigenvalue weighted by atomic mass is 16.5. The number of hydrogen-bond donors (Lipinski definition) is 2. The van der Waals surface area contributed by atoms with Crippen molar-refractivity contribution in [2.45, 2.75) is 0 Å². The highest BCUT2D eigenvalue weighted by Crippen LogP contribution is 2.38. The molecular formula is C18H14N4O3. The van der Waals surface area contributed by atoms with Gasteiger partial charge in [0.05, 0.1) is 12.8 Å². The van der Waals surface area contributed by atoms with Gasteiger partial charge in [-0.3, -0.25) is 4.40 Å². The molecule has 124 valence electrons. The van der Waals surface area contributed by atoms with E-state index in [1.807, 2.05) is 0 Å². The summed E-state index contributed by atoms with van der Waals surface area (Å²) in [4.78, 5) is 4.30. The van der Waals surface area contributed by atoms with Crippen molar-refractivity contribution in [3.05, 3.63) is 55.0 Å². The average Bonchev–Trinajstić information content (AvgIpc) is 3.10. The molecule has 0 saturated heterocycles. The summed E-state index contributed by atoms with van der Waals surface area (Å²) < 4.78 is 6.88. The van der Waals surface area contributed by atoms with E-state index in [0.717, 1.165) is 11.3 Å². The molecule has 0 radical (unpaired) electrons. The van der Waals surface area contributed by atoms with Gasteiger partial charge in [0.2, 0.25) is 0 Å². The van der Waals surface area contributed by atoms with Crippen LogP contribution in [0.1, 0.15) is 0 Å². The summed E-state index contributed by atoms with van der Waals surface area (Å²) in [6, 6.07) is 11.9. The zero-order valence-electron chi connectivity index (χ0n) is 13.3. The molecule has 2 aromatic heterocycles. The Morgan fingerprint density at radius 1 is 1.00 bits per heavy atom. The van der Waals surface area contributed by atoms with Crippen molar-refractivity contribution in [3.63, 3.8) is 0 Å². The van der Waals surface area contributed by atoms with E-state index < -0.39 is 0 Å². The number of hydrogen-bond acceptors (Lipinski definition) is 6. The molecule has 2 N–H and O–H groups in total. The monoisotopic (exact) mass is 334 g/mol. The fourth-order valence-corrected chi connectivity index (χ4v) is 2.77. The van der Waals surface area contributed by atoms with Crippen LogP contribution >= 0.6 is 0 Å². The number of benzene rings is 2. The van der Waals surface area contributed by atoms with Crippen molar-refractivity contribution in [2.24, 2.45) is 0 Å². The lowest BCUT2D eigenvalue weighted by atomic mass is 9.99. The third kappa shape index (κ3) is 2.51. The van der Waals surface area contributed by atoms with Crippen molar-refractivity contribution >= 4 is 5.78 Å². The second-order valence-electron chi connectivity index (χ2n) is 5.45. The SMILES string of the molecule is COc1ccc(-c2cnc3nncn3c2-c2ccc(O)cc2)c(O)c1. The molecule has 0 aliphatic heterocycles. The molecule has 7 nitrogen and oxygen atoms in total. The highest BCUT2D eigenvalue weighted by molar-refractivity contribution is 5.84. The van der Waals surface area contributed by atoms with Gasteiger partial charge in [0.1, 0.15) is 23.6 Å². The number of phenolic OH excluding ortho intramolecular Hbond substituents is 2. The molecule has 2 heterocycles. The van der Waals surface area contributed by atoms with Gasteiger partial charge in [0.15, 0.2) is 0 Å². The van der Waals surface area contributed by atoms with Crippen molar-refractivity contribution in [3.8, 4) is 39.6 Å². The van der Waals surface area contributed by atoms with Gasteiger partial charge in [0.25, 0.3) is 5.78 Å². The van der Waals surface area contributed by atoms with Crippen LogP contribution in [0.3, 0.4) is 0 Å². The molecule has 0 saturated carbocycles. The molecule has 2 aromatic carbocycles. The van der Waals surface area contributed by atoms with Gasteiger partial charge >= 0.3 is 0 Å². The van der Waals surface area contributed by atoms with E-state index in [2.05, 4.69) is 15.2 Å². The molecule has 4 aromatic rings. The topological polar surface area (TPSA) is 92.8 Å². The van der Waals surface area contributed by atoms with Crippen LogP contribution in [0.2, 0.25) is 0 Å². The lowest BCUT2D eigenvalue weighted by molar-refractivity contribution is 0.408. The molecule has 7 heteroatoms. The molecule has 0 amide bonds. The lowest BCUT2D eigenvalue weighted by Crippen LogP contribution is -1.98. The third-order valence-electron chi connectivity index (χ3n) is 3.97. The van der Waals surface area contributed by atoms with Crippen molar-refractivity contribution < 1.29 is 14.9 Å². The minimum Gasteiger partial charge on any atom is -0.508 e. The summed E-state index contributed by atoms with van der Waals surface area (Å²) in [5.74, 6) is 1.26. The minimum absolute atomic E-state index is 0.0774. The smallest absolute Gasteiger partial charge is 0.255 e. The summed E-state index contributed by atoms with van der Waals surface area (Å²) in [6.45, 7) is 0. The Hall–Kier alpha value is -3.61. The fraction of sp³-hybridized carbons (Fsp3) is 0.0556. The van der Waals surface area contributed by atoms with E-state index in [1.54, 1.807) is 66.5 Å². The minimum atomic E-state index is 0.0774. The predicted octanol–water partition coefficient (Wildman–Crippen LogP) is 2.88. The quantitative estimate of drug-likeness (QED) is 0.598. The predicted molar refractivity (Wildman–Crippen MR) is 91.5 cm³/mol. The van der Waals surface area contributed by atoms with E-state index in [9.17, 15) is 10.2 Å². The molecule has 4 rings (SSSR count). The van der Waals surface area contributed by atoms with E-state index in [1.165, 1.54) is 0 Å². The van der Waals surface area contributed by atoms with Crippen LogP contribution in [-0.2, 0) is 0 Å². The Labute approximate surface area is 142 Å². The first-order valence-electron chi connectivity index (χ1n) is 7.53. The van der Waals surface area contributed by atoms with Crippen LogP contribution in [0.25, 0.3) is 28.2 Å². The zero-order valence-corrected chi connectivity index (χ0v) is 13.3. The Balaban J connectivity index is 2.01. The van der Waals surface area contributed by atoms with Gasteiger partial charge < -0.3 is 14.9 Å². The third-order valence-corrected chi connectivity index (χ3v) is 3.97. The molecule has 0 spiro atoms. The molecule has 0 fully saturated rings. The number of ether oxygens (including phenoxy) is 1. The summed E-state index contributed by atoms with van der Waals surface area (Å²) >= 11 is 0. The maximum atomic E-state index is 10.4. The molecule has 0 atom stereocenters. The zero-order chi connectivity index (χ0) is 17.4. The molecule has 0 bridgehead atoms. The van der Waals surface area contributed by atoms with Crippen molar-refractivity contribution in [1.82, 2.24) is 19.6 Å². The van der Waals surface area contributed by atoms with Gasteiger partial charge in [-0.15, -0.1) is 10.2 Å². The van der Waals surface area contributed by atoms with Gasteiger partial charge in [-0.05, 0) is 42.0 Å². The Morgan fingerprint density at radius 2 is 1.80 bits per heavy atom. The number of fused-ring (bicyclic) bond motifs is 1. The Kier molecular flexibility index (Phi) is 3.46. The number of rotatable bonds is 3. The number of methoxy groups -OCH3 is 1. The van der Waals surface area contributed by atoms with Crippen LogP contribution in [0.5, 0.6) is 17.2 Å². The summed E-state index contributed by atoms with van der Waals surface area (Å²) in [7, 11) is 1.54. The van der Waals surface area contributed by atoms with Gasteiger partial charge in [-0.25, -0.2) is 4.98 Å². The number of phenols is 2. The summed E-state index contributed by atoms with van der Waals surface area (Å²) in [5, 5.41) is 27.9. The van der Waals surface area contributed by atoms with Crippen LogP contribution in [0.15, 0.2) is 55.0 Å². The standard InChI is InChI=1S/C18H14N4O3/c1-25-13-6-7-14(16(24)8-13)15-9-19-18-21-20-10-22(18)17(15)11-2-4-12(23)5-3-11/h2-10,23-24H,1H3. The van der Waals surface area contributed by atoms with Crippen molar-refractivity contribution in [1.29, 1.82) is 0 Å². The number of aromatic hydroxyl groups is 2. The van der Waals surface area contributed by atoms with Gasteiger partial charge in [-0.1, -0.05) is 0 Å². The molecular weight excluding hydrogens is 320 g/mol. The largest absolute Gasteiger partial charge is 0.508 e. The molecule has 0 unspecified atom stereocenters. The molecule has 0 aliphatic rings. The number of aromatic nitrogens is 4. The maximum absolute atomic E-state index is 10.4. The summed E-state index contributed by atoms with van der Waals surface area (Å²) in [5.41, 5.74) is 2.90. The first-order chi connectivity index (χ1) is 12.2. The Morgan fingerprint density at radius 3 is 2.52 bits per heavy atom. The summed E-state index contributed by atoms with van der Waals surface area (Å²) in [6.07, 6.45) is 3.21. The van der Waals surface area contributed by atoms with Gasteiger partial charge in [0, 0.05) is 23.4 Å². The molecule has 0 aliphatic carbocycles. The second-order valence-corrected chi connectivity index (χ2v) is 5.45. The second kappa shape index (κ2) is 5.79. The van der Waals surface area contributed by atoms with Crippen LogP contribution in [0, 0.1) is 0 Å². The lowest BCUT2D eigenvalue weighted by Gasteiger charge is -2.13. The average molecular weight is 334 g/mol. The van der Waals surface area contributed by atoms with E-state index >= 15 is 0 Å². The van der Waals surface area contributed by atoms with Crippen LogP contribution < -0.4 is 4.74 Å². The number of nitrogens with zero attached hydrogens (tertiary/aromatic N) is 4. The van der Waals surface area contributed by atoms with Gasteiger partial charge in [-0.2, -0.15) is 0 Å². The van der Waals surface area contributed by atoms with E-state index in [4.69, 9.17) is 4.74 Å². The van der Waals surface area contributed by atoms with E-state index in [-0.39, 0.29) is 11.5 Å². The van der Waals surface area contributed by atoms with Crippen molar-refractivity contribution in [2.75, 3.05) is 7.11 Å². The van der Waals surface area contributed by atoms with Crippen LogP contribution in [-0.4, -0.2) is 36.9 Å². The normalized spacial score (nSPS) is 10.9. The van der Waals surface area contributed by atoms with Crippen LogP contribution in [0.4, 0.5) is 0 Å². The Bertz CT molecular complexity index is 1060. The first kappa shape index (κ1) is 14.9. The first-order valence-corrected chi connectivity index (χ1v) is 7.53. The van der Waals surface area contributed by atoms with E-state index in [0.29, 0.717) is 22.7 Å². The fourth-order valence-electron chi connectivity index (χ4n) is 2.77.